The Morgan fingerprint density at radius 1 is 1.07 bits per heavy atom. The summed E-state index contributed by atoms with van der Waals surface area (Å²) < 4.78 is 54.6. The summed E-state index contributed by atoms with van der Waals surface area (Å²) in [6.45, 7) is -5.33. The molecule has 0 saturated carbocycles. The maximum atomic E-state index is 13.2. The molecule has 0 N–H and O–H groups in total. The van der Waals surface area contributed by atoms with Gasteiger partial charge in [0.1, 0.15) is 5.82 Å². The minimum Gasteiger partial charge on any atom is -0.461 e. The van der Waals surface area contributed by atoms with Crippen molar-refractivity contribution in [3.8, 4) is 0 Å². The van der Waals surface area contributed by atoms with E-state index in [2.05, 4.69) is 4.42 Å². The van der Waals surface area contributed by atoms with Gasteiger partial charge >= 0.3 is 6.98 Å². The molecule has 0 amide bonds. The van der Waals surface area contributed by atoms with Crippen molar-refractivity contribution >= 4 is 23.4 Å². The van der Waals surface area contributed by atoms with E-state index >= 15 is 0 Å². The molecule has 0 fully saturated rings. The standard InChI is InChI=1S/C8H4BF4O/c10-7-6(9(11,12)13)2-1-5-3-4-14-8(5)7/h1-4H/q-1. The van der Waals surface area contributed by atoms with Crippen LogP contribution in [0.15, 0.2) is 28.9 Å². The van der Waals surface area contributed by atoms with Gasteiger partial charge in [-0.05, 0) is 6.07 Å². The maximum Gasteiger partial charge on any atom is 0.512 e. The zero-order valence-electron chi connectivity index (χ0n) is 6.81. The molecular formula is C8H4BF4O-. The van der Waals surface area contributed by atoms with Crippen molar-refractivity contribution in [2.75, 3.05) is 0 Å². The highest BCUT2D eigenvalue weighted by Crippen LogP contribution is 2.20. The molecule has 0 aliphatic heterocycles. The summed E-state index contributed by atoms with van der Waals surface area (Å²) in [5.41, 5.74) is -1.59. The predicted octanol–water partition coefficient (Wildman–Crippen LogP) is 2.63. The summed E-state index contributed by atoms with van der Waals surface area (Å²) in [5.74, 6) is -1.33. The fraction of sp³-hybridized carbons (Fsp3) is 0. The van der Waals surface area contributed by atoms with Crippen molar-refractivity contribution in [1.29, 1.82) is 0 Å². The van der Waals surface area contributed by atoms with Crippen LogP contribution in [0, 0.1) is 5.82 Å². The van der Waals surface area contributed by atoms with Crippen LogP contribution in [0.25, 0.3) is 11.0 Å². The molecule has 1 nitrogen and oxygen atoms in total. The topological polar surface area (TPSA) is 13.1 Å². The van der Waals surface area contributed by atoms with Gasteiger partial charge in [0.2, 0.25) is 0 Å². The van der Waals surface area contributed by atoms with Crippen LogP contribution < -0.4 is 5.46 Å². The van der Waals surface area contributed by atoms with E-state index in [0.717, 1.165) is 12.3 Å². The Labute approximate surface area is 76.4 Å². The lowest BCUT2D eigenvalue weighted by atomic mass is 9.79. The second-order valence-corrected chi connectivity index (χ2v) is 2.88. The lowest BCUT2D eigenvalue weighted by molar-refractivity contribution is 0.492. The summed E-state index contributed by atoms with van der Waals surface area (Å²) in [6.07, 6.45) is 1.15. The summed E-state index contributed by atoms with van der Waals surface area (Å²) in [5, 5.41) is 0.325. The van der Waals surface area contributed by atoms with E-state index in [4.69, 9.17) is 0 Å². The molecule has 14 heavy (non-hydrogen) atoms. The van der Waals surface area contributed by atoms with Gasteiger partial charge in [-0.25, -0.2) is 4.39 Å². The number of rotatable bonds is 1. The van der Waals surface area contributed by atoms with Gasteiger partial charge < -0.3 is 17.4 Å². The Balaban J connectivity index is 2.74. The van der Waals surface area contributed by atoms with Gasteiger partial charge in [0.25, 0.3) is 0 Å². The first-order valence-corrected chi connectivity index (χ1v) is 3.85. The van der Waals surface area contributed by atoms with E-state index in [0.29, 0.717) is 5.39 Å². The van der Waals surface area contributed by atoms with Crippen molar-refractivity contribution in [1.82, 2.24) is 0 Å². The van der Waals surface area contributed by atoms with Gasteiger partial charge in [-0.3, -0.25) is 0 Å². The smallest absolute Gasteiger partial charge is 0.461 e. The van der Waals surface area contributed by atoms with E-state index < -0.39 is 18.3 Å². The Morgan fingerprint density at radius 2 is 1.79 bits per heavy atom. The first-order chi connectivity index (χ1) is 6.50. The first kappa shape index (κ1) is 9.11. The molecular weight excluding hydrogens is 199 g/mol. The van der Waals surface area contributed by atoms with Crippen LogP contribution in [0.4, 0.5) is 17.3 Å². The van der Waals surface area contributed by atoms with Crippen LogP contribution >= 0.6 is 0 Å². The number of hydrogen-bond acceptors (Lipinski definition) is 1. The summed E-state index contributed by atoms with van der Waals surface area (Å²) >= 11 is 0. The number of furan rings is 1. The molecule has 1 aromatic heterocycles. The maximum absolute atomic E-state index is 13.2. The van der Waals surface area contributed by atoms with Crippen LogP contribution in [-0.4, -0.2) is 6.98 Å². The summed E-state index contributed by atoms with van der Waals surface area (Å²) in [7, 11) is 0. The van der Waals surface area contributed by atoms with Crippen molar-refractivity contribution in [2.24, 2.45) is 0 Å². The highest BCUT2D eigenvalue weighted by Gasteiger charge is 2.30. The molecule has 1 aromatic carbocycles. The van der Waals surface area contributed by atoms with Crippen molar-refractivity contribution in [3.05, 3.63) is 30.3 Å². The monoisotopic (exact) mass is 203 g/mol. The molecule has 0 radical (unpaired) electrons. The normalized spacial score (nSPS) is 12.3. The molecule has 0 atom stereocenters. The fourth-order valence-electron chi connectivity index (χ4n) is 1.27. The third-order valence-corrected chi connectivity index (χ3v) is 1.94. The SMILES string of the molecule is Fc1c([B-](F)(F)F)ccc2ccoc12. The van der Waals surface area contributed by atoms with E-state index in [9.17, 15) is 17.3 Å². The number of halogens is 4. The van der Waals surface area contributed by atoms with E-state index in [1.54, 1.807) is 0 Å². The molecule has 0 aliphatic rings. The Kier molecular flexibility index (Phi) is 1.80. The molecule has 0 aliphatic carbocycles. The van der Waals surface area contributed by atoms with Crippen LogP contribution in [0.2, 0.25) is 0 Å². The zero-order valence-corrected chi connectivity index (χ0v) is 6.81. The second kappa shape index (κ2) is 2.77. The minimum atomic E-state index is -5.33. The van der Waals surface area contributed by atoms with Crippen LogP contribution in [0.3, 0.4) is 0 Å². The molecule has 0 spiro atoms. The molecule has 74 valence electrons. The van der Waals surface area contributed by atoms with Crippen molar-refractivity contribution < 1.29 is 21.8 Å². The molecule has 0 saturated heterocycles. The summed E-state index contributed by atoms with van der Waals surface area (Å²) in [6, 6.07) is 3.32. The van der Waals surface area contributed by atoms with Crippen molar-refractivity contribution in [2.45, 2.75) is 0 Å². The van der Waals surface area contributed by atoms with Gasteiger partial charge in [-0.1, -0.05) is 17.6 Å². The minimum absolute atomic E-state index is 0.325. The first-order valence-electron chi connectivity index (χ1n) is 3.85. The third kappa shape index (κ3) is 1.27. The second-order valence-electron chi connectivity index (χ2n) is 2.88. The molecule has 2 rings (SSSR count). The third-order valence-electron chi connectivity index (χ3n) is 1.94. The van der Waals surface area contributed by atoms with E-state index in [1.165, 1.54) is 12.1 Å². The lowest BCUT2D eigenvalue weighted by Gasteiger charge is -2.15. The van der Waals surface area contributed by atoms with Crippen LogP contribution in [-0.2, 0) is 0 Å². The molecule has 2 aromatic rings. The zero-order chi connectivity index (χ0) is 10.3. The number of benzene rings is 1. The van der Waals surface area contributed by atoms with E-state index in [-0.39, 0.29) is 5.58 Å². The highest BCUT2D eigenvalue weighted by molar-refractivity contribution is 6.73. The Morgan fingerprint density at radius 3 is 2.43 bits per heavy atom. The van der Waals surface area contributed by atoms with Crippen LogP contribution in [0.1, 0.15) is 0 Å². The lowest BCUT2D eigenvalue weighted by Crippen LogP contribution is -2.36. The average molecular weight is 203 g/mol. The Bertz CT molecular complexity index is 474. The average Bonchev–Trinajstić information content (AvgIpc) is 2.50. The quantitative estimate of drug-likeness (QED) is 0.512. The fourth-order valence-corrected chi connectivity index (χ4v) is 1.27. The molecule has 1 heterocycles. The molecule has 0 unspecified atom stereocenters. The van der Waals surface area contributed by atoms with Gasteiger partial charge in [-0.2, -0.15) is 0 Å². The Hall–Kier alpha value is -1.46. The van der Waals surface area contributed by atoms with Crippen LogP contribution in [0.5, 0.6) is 0 Å². The van der Waals surface area contributed by atoms with Gasteiger partial charge in [-0.15, -0.1) is 0 Å². The molecule has 6 heteroatoms. The van der Waals surface area contributed by atoms with Gasteiger partial charge in [0.15, 0.2) is 5.58 Å². The summed E-state index contributed by atoms with van der Waals surface area (Å²) in [4.78, 5) is 0. The van der Waals surface area contributed by atoms with E-state index in [1.807, 2.05) is 0 Å². The van der Waals surface area contributed by atoms with Gasteiger partial charge in [0.05, 0.1) is 6.26 Å². The van der Waals surface area contributed by atoms with Gasteiger partial charge in [0, 0.05) is 5.39 Å². The predicted molar refractivity (Wildman–Crippen MR) is 44.9 cm³/mol. The largest absolute Gasteiger partial charge is 0.512 e. The van der Waals surface area contributed by atoms with Crippen molar-refractivity contribution in [3.63, 3.8) is 0 Å². The number of fused-ring (bicyclic) bond motifs is 1. The number of hydrogen-bond donors (Lipinski definition) is 0. The highest BCUT2D eigenvalue weighted by atomic mass is 19.4. The molecule has 0 bridgehead atoms.